The zero-order valence-electron chi connectivity index (χ0n) is 11.2. The van der Waals surface area contributed by atoms with E-state index in [2.05, 4.69) is 0 Å². The monoisotopic (exact) mass is 288 g/mol. The van der Waals surface area contributed by atoms with Crippen LogP contribution in [0.3, 0.4) is 0 Å². The van der Waals surface area contributed by atoms with Crippen molar-refractivity contribution >= 4 is 17.6 Å². The summed E-state index contributed by atoms with van der Waals surface area (Å²) in [6.45, 7) is 2.05. The maximum atomic E-state index is 11.5. The van der Waals surface area contributed by atoms with E-state index in [-0.39, 0.29) is 12.2 Å². The summed E-state index contributed by atoms with van der Waals surface area (Å²) in [6.07, 6.45) is 6.00. The molecule has 0 spiro atoms. The number of carboxylic acid groups (broad SMARTS) is 1. The van der Waals surface area contributed by atoms with Crippen molar-refractivity contribution in [3.05, 3.63) is 0 Å². The first-order valence-electron chi connectivity index (χ1n) is 7.25. The second-order valence-electron chi connectivity index (χ2n) is 6.19. The molecule has 3 fully saturated rings. The average molecular weight is 289 g/mol. The van der Waals surface area contributed by atoms with Crippen LogP contribution in [-0.4, -0.2) is 40.4 Å². The van der Waals surface area contributed by atoms with Crippen LogP contribution in [-0.2, 0) is 14.3 Å². The van der Waals surface area contributed by atoms with Gasteiger partial charge in [-0.25, -0.2) is 0 Å². The van der Waals surface area contributed by atoms with Gasteiger partial charge in [-0.2, -0.15) is 0 Å². The number of aliphatic carboxylic acids is 1. The van der Waals surface area contributed by atoms with Crippen molar-refractivity contribution in [3.8, 4) is 0 Å². The standard InChI is InChI=1S/C14H21ClO4/c1-2-9-12(18-9)7-14(15,13(16)17)6-8-3-4-10-11(5-8)19-10/h8-12H,2-7H2,1H3,(H,16,17). The molecule has 5 heteroatoms. The van der Waals surface area contributed by atoms with Gasteiger partial charge in [0.15, 0.2) is 0 Å². The maximum Gasteiger partial charge on any atom is 0.324 e. The lowest BCUT2D eigenvalue weighted by atomic mass is 9.81. The van der Waals surface area contributed by atoms with Crippen LogP contribution in [0.15, 0.2) is 0 Å². The van der Waals surface area contributed by atoms with E-state index >= 15 is 0 Å². The van der Waals surface area contributed by atoms with Gasteiger partial charge in [0.2, 0.25) is 0 Å². The third-order valence-corrected chi connectivity index (χ3v) is 5.19. The SMILES string of the molecule is CCC1OC1CC(Cl)(CC1CCC2OC2C1)C(=O)O. The van der Waals surface area contributed by atoms with Crippen molar-refractivity contribution in [1.29, 1.82) is 0 Å². The van der Waals surface area contributed by atoms with Crippen LogP contribution < -0.4 is 0 Å². The Morgan fingerprint density at radius 2 is 2.05 bits per heavy atom. The molecule has 0 aromatic heterocycles. The number of carboxylic acids is 1. The molecule has 2 saturated heterocycles. The predicted molar refractivity (Wildman–Crippen MR) is 70.4 cm³/mol. The predicted octanol–water partition coefficient (Wildman–Crippen LogP) is 2.57. The number of rotatable bonds is 6. The van der Waals surface area contributed by atoms with Crippen molar-refractivity contribution in [2.75, 3.05) is 0 Å². The average Bonchev–Trinajstić information content (AvgIpc) is 3.23. The quantitative estimate of drug-likeness (QED) is 0.603. The molecular formula is C14H21ClO4. The molecule has 0 radical (unpaired) electrons. The molecule has 3 rings (SSSR count). The number of alkyl halides is 1. The molecule has 1 aliphatic carbocycles. The van der Waals surface area contributed by atoms with Crippen LogP contribution in [0.5, 0.6) is 0 Å². The smallest absolute Gasteiger partial charge is 0.324 e. The molecular weight excluding hydrogens is 268 g/mol. The Labute approximate surface area is 118 Å². The van der Waals surface area contributed by atoms with Gasteiger partial charge in [-0.15, -0.1) is 11.6 Å². The maximum absolute atomic E-state index is 11.5. The van der Waals surface area contributed by atoms with E-state index in [0.717, 1.165) is 25.7 Å². The summed E-state index contributed by atoms with van der Waals surface area (Å²) in [4.78, 5) is 10.4. The van der Waals surface area contributed by atoms with Gasteiger partial charge in [0.25, 0.3) is 0 Å². The van der Waals surface area contributed by atoms with E-state index in [0.29, 0.717) is 31.0 Å². The van der Waals surface area contributed by atoms with E-state index < -0.39 is 10.8 Å². The molecule has 108 valence electrons. The van der Waals surface area contributed by atoms with Crippen LogP contribution >= 0.6 is 11.6 Å². The topological polar surface area (TPSA) is 62.4 Å². The summed E-state index contributed by atoms with van der Waals surface area (Å²) in [5, 5.41) is 9.46. The first-order chi connectivity index (χ1) is 9.01. The second kappa shape index (κ2) is 4.90. The van der Waals surface area contributed by atoms with Gasteiger partial charge in [-0.3, -0.25) is 4.79 Å². The van der Waals surface area contributed by atoms with Gasteiger partial charge in [0.1, 0.15) is 4.87 Å². The van der Waals surface area contributed by atoms with Gasteiger partial charge in [-0.1, -0.05) is 6.92 Å². The molecule has 1 saturated carbocycles. The molecule has 2 aliphatic heterocycles. The number of hydrogen-bond donors (Lipinski definition) is 1. The molecule has 0 aromatic carbocycles. The van der Waals surface area contributed by atoms with Crippen molar-refractivity contribution in [2.24, 2.45) is 5.92 Å². The number of epoxide rings is 2. The van der Waals surface area contributed by atoms with Crippen LogP contribution in [0.1, 0.15) is 45.4 Å². The zero-order valence-corrected chi connectivity index (χ0v) is 11.9. The minimum absolute atomic E-state index is 0.0344. The highest BCUT2D eigenvalue weighted by Crippen LogP contribution is 2.45. The minimum Gasteiger partial charge on any atom is -0.480 e. The van der Waals surface area contributed by atoms with Gasteiger partial charge >= 0.3 is 5.97 Å². The Morgan fingerprint density at radius 1 is 1.26 bits per heavy atom. The minimum atomic E-state index is -1.17. The lowest BCUT2D eigenvalue weighted by Gasteiger charge is -2.28. The van der Waals surface area contributed by atoms with Gasteiger partial charge in [0.05, 0.1) is 24.4 Å². The molecule has 0 bridgehead atoms. The number of ether oxygens (including phenoxy) is 2. The highest BCUT2D eigenvalue weighted by molar-refractivity contribution is 6.33. The Balaban J connectivity index is 1.58. The third kappa shape index (κ3) is 2.91. The Hall–Kier alpha value is -0.320. The third-order valence-electron chi connectivity index (χ3n) is 4.72. The zero-order chi connectivity index (χ0) is 13.6. The highest BCUT2D eigenvalue weighted by atomic mass is 35.5. The molecule has 2 heterocycles. The van der Waals surface area contributed by atoms with Crippen molar-refractivity contribution in [3.63, 3.8) is 0 Å². The van der Waals surface area contributed by atoms with Crippen molar-refractivity contribution in [2.45, 2.75) is 74.7 Å². The van der Waals surface area contributed by atoms with Gasteiger partial charge in [0, 0.05) is 6.42 Å². The van der Waals surface area contributed by atoms with Gasteiger partial charge in [-0.05, 0) is 38.0 Å². The van der Waals surface area contributed by atoms with Crippen LogP contribution in [0.25, 0.3) is 0 Å². The second-order valence-corrected chi connectivity index (χ2v) is 6.92. The fourth-order valence-electron chi connectivity index (χ4n) is 3.42. The molecule has 19 heavy (non-hydrogen) atoms. The van der Waals surface area contributed by atoms with Crippen molar-refractivity contribution in [1.82, 2.24) is 0 Å². The molecule has 1 N–H and O–H groups in total. The number of fused-ring (bicyclic) bond motifs is 1. The van der Waals surface area contributed by atoms with Gasteiger partial charge < -0.3 is 14.6 Å². The van der Waals surface area contributed by atoms with E-state index in [1.54, 1.807) is 0 Å². The van der Waals surface area contributed by atoms with Crippen molar-refractivity contribution < 1.29 is 19.4 Å². The molecule has 0 amide bonds. The fourth-order valence-corrected chi connectivity index (χ4v) is 3.79. The number of halogens is 1. The summed E-state index contributed by atoms with van der Waals surface area (Å²) in [6, 6.07) is 0. The van der Waals surface area contributed by atoms with E-state index in [1.165, 1.54) is 0 Å². The Kier molecular flexibility index (Phi) is 3.52. The summed E-state index contributed by atoms with van der Waals surface area (Å²) in [5.74, 6) is -0.533. The Bertz CT molecular complexity index is 374. The van der Waals surface area contributed by atoms with Crippen LogP contribution in [0.2, 0.25) is 0 Å². The van der Waals surface area contributed by atoms with Crippen LogP contribution in [0, 0.1) is 5.92 Å². The molecule has 6 atom stereocenters. The van der Waals surface area contributed by atoms with E-state index in [9.17, 15) is 9.90 Å². The first-order valence-corrected chi connectivity index (χ1v) is 7.63. The van der Waals surface area contributed by atoms with E-state index in [1.807, 2.05) is 6.92 Å². The summed E-state index contributed by atoms with van der Waals surface area (Å²) in [7, 11) is 0. The number of carbonyl (C=O) groups is 1. The highest BCUT2D eigenvalue weighted by Gasteiger charge is 2.51. The van der Waals surface area contributed by atoms with E-state index in [4.69, 9.17) is 21.1 Å². The largest absolute Gasteiger partial charge is 0.480 e. The molecule has 0 aromatic rings. The summed E-state index contributed by atoms with van der Waals surface area (Å²) in [5.41, 5.74) is 0. The normalized spacial score (nSPS) is 43.2. The summed E-state index contributed by atoms with van der Waals surface area (Å²) >= 11 is 6.41. The molecule has 6 unspecified atom stereocenters. The lowest BCUT2D eigenvalue weighted by Crippen LogP contribution is -2.37. The summed E-state index contributed by atoms with van der Waals surface area (Å²) < 4.78 is 11.0. The lowest BCUT2D eigenvalue weighted by molar-refractivity contribution is -0.141. The number of hydrogen-bond acceptors (Lipinski definition) is 3. The Morgan fingerprint density at radius 3 is 2.63 bits per heavy atom. The van der Waals surface area contributed by atoms with Crippen LogP contribution in [0.4, 0.5) is 0 Å². The fraction of sp³-hybridized carbons (Fsp3) is 0.929. The molecule has 4 nitrogen and oxygen atoms in total. The first kappa shape index (κ1) is 13.7. The molecule has 3 aliphatic rings.